The molecule has 0 aromatic carbocycles. The highest BCUT2D eigenvalue weighted by atomic mass is 19.4. The fourth-order valence-electron chi connectivity index (χ4n) is 4.29. The molecule has 172 valence electrons. The molecule has 2 aliphatic rings. The van der Waals surface area contributed by atoms with E-state index in [2.05, 4.69) is 37.7 Å². The molecule has 0 saturated carbocycles. The van der Waals surface area contributed by atoms with Crippen molar-refractivity contribution in [2.45, 2.75) is 51.4 Å². The lowest BCUT2D eigenvalue weighted by Gasteiger charge is -2.28. The third-order valence-electron chi connectivity index (χ3n) is 6.13. The molecule has 1 saturated heterocycles. The number of aromatic nitrogens is 4. The maximum absolute atomic E-state index is 13.8. The number of fused-ring (bicyclic) bond motifs is 1. The Labute approximate surface area is 188 Å². The van der Waals surface area contributed by atoms with Crippen LogP contribution in [0.25, 0.3) is 16.8 Å². The third-order valence-corrected chi connectivity index (χ3v) is 6.13. The smallest absolute Gasteiger partial charge is 0.364 e. The third kappa shape index (κ3) is 4.22. The van der Waals surface area contributed by atoms with Crippen molar-refractivity contribution in [3.05, 3.63) is 58.9 Å². The quantitative estimate of drug-likeness (QED) is 0.602. The SMILES string of the molecule is Cc1nocc1-c1ccc2c(n1)CC=C2c1nc(N[C@@H]2CC[C@@H](C)NC2)ncc1C(F)(F)F. The molecule has 3 aromatic heterocycles. The van der Waals surface area contributed by atoms with E-state index in [1.54, 1.807) is 18.2 Å². The Balaban J connectivity index is 1.49. The van der Waals surface area contributed by atoms with E-state index in [4.69, 9.17) is 4.52 Å². The lowest BCUT2D eigenvalue weighted by atomic mass is 10.0. The fraction of sp³-hybridized carbons (Fsp3) is 0.391. The number of piperidine rings is 1. The molecule has 2 N–H and O–H groups in total. The summed E-state index contributed by atoms with van der Waals surface area (Å²) >= 11 is 0. The summed E-state index contributed by atoms with van der Waals surface area (Å²) in [7, 11) is 0. The van der Waals surface area contributed by atoms with Crippen molar-refractivity contribution in [2.75, 3.05) is 11.9 Å². The van der Waals surface area contributed by atoms with Gasteiger partial charge in [-0.15, -0.1) is 0 Å². The van der Waals surface area contributed by atoms with Crippen LogP contribution in [0.3, 0.4) is 0 Å². The Morgan fingerprint density at radius 1 is 1.15 bits per heavy atom. The number of nitrogens with one attached hydrogen (secondary N) is 2. The van der Waals surface area contributed by atoms with Crippen molar-refractivity contribution in [2.24, 2.45) is 0 Å². The molecule has 0 radical (unpaired) electrons. The molecule has 0 bridgehead atoms. The Morgan fingerprint density at radius 2 is 2.00 bits per heavy atom. The van der Waals surface area contributed by atoms with E-state index < -0.39 is 11.7 Å². The van der Waals surface area contributed by atoms with Gasteiger partial charge in [-0.05, 0) is 32.8 Å². The summed E-state index contributed by atoms with van der Waals surface area (Å²) in [6, 6.07) is 4.03. The molecule has 1 fully saturated rings. The van der Waals surface area contributed by atoms with Crippen LogP contribution in [-0.4, -0.2) is 38.7 Å². The largest absolute Gasteiger partial charge is 0.419 e. The molecule has 2 atom stereocenters. The molecule has 33 heavy (non-hydrogen) atoms. The van der Waals surface area contributed by atoms with Crippen molar-refractivity contribution >= 4 is 11.5 Å². The first-order valence-corrected chi connectivity index (χ1v) is 10.9. The Bertz CT molecular complexity index is 1210. The highest BCUT2D eigenvalue weighted by Crippen LogP contribution is 2.40. The standard InChI is InChI=1S/C23H23F3N6O/c1-12-3-4-14(9-27-12)29-22-28-10-18(23(24,25)26)21(31-22)16-6-8-19-15(16)5-7-20(30-19)17-11-33-32-13(17)2/h5-7,10-12,14,27H,3-4,8-9H2,1-2H3,(H,28,29,31)/t12-,14-/m1/s1. The number of nitrogens with zero attached hydrogens (tertiary/aromatic N) is 4. The maximum Gasteiger partial charge on any atom is 0.419 e. The van der Waals surface area contributed by atoms with Gasteiger partial charge in [-0.2, -0.15) is 13.2 Å². The van der Waals surface area contributed by atoms with Gasteiger partial charge in [0.1, 0.15) is 11.8 Å². The molecule has 3 aromatic rings. The average molecular weight is 456 g/mol. The number of anilines is 1. The van der Waals surface area contributed by atoms with Crippen molar-refractivity contribution < 1.29 is 17.7 Å². The maximum atomic E-state index is 13.8. The van der Waals surface area contributed by atoms with Crippen LogP contribution in [0.15, 0.2) is 35.2 Å². The van der Waals surface area contributed by atoms with Crippen LogP contribution in [0.5, 0.6) is 0 Å². The number of aryl methyl sites for hydroxylation is 1. The van der Waals surface area contributed by atoms with Gasteiger partial charge in [-0.3, -0.25) is 4.98 Å². The second-order valence-corrected chi connectivity index (χ2v) is 8.51. The topological polar surface area (TPSA) is 88.8 Å². The number of rotatable bonds is 4. The van der Waals surface area contributed by atoms with Crippen molar-refractivity contribution in [1.29, 1.82) is 0 Å². The van der Waals surface area contributed by atoms with Gasteiger partial charge in [0, 0.05) is 42.4 Å². The minimum absolute atomic E-state index is 0.0617. The van der Waals surface area contributed by atoms with Crippen LogP contribution >= 0.6 is 0 Å². The van der Waals surface area contributed by atoms with Crippen LogP contribution in [0, 0.1) is 6.92 Å². The highest BCUT2D eigenvalue weighted by molar-refractivity contribution is 5.84. The van der Waals surface area contributed by atoms with E-state index in [0.717, 1.165) is 24.6 Å². The number of alkyl halides is 3. The summed E-state index contributed by atoms with van der Waals surface area (Å²) in [5, 5.41) is 10.4. The normalized spacial score (nSPS) is 20.5. The molecule has 0 unspecified atom stereocenters. The van der Waals surface area contributed by atoms with Gasteiger partial charge in [0.25, 0.3) is 0 Å². The zero-order chi connectivity index (χ0) is 23.2. The lowest BCUT2D eigenvalue weighted by Crippen LogP contribution is -2.43. The van der Waals surface area contributed by atoms with E-state index in [0.29, 0.717) is 47.2 Å². The number of pyridine rings is 1. The van der Waals surface area contributed by atoms with Gasteiger partial charge in [-0.1, -0.05) is 17.3 Å². The minimum Gasteiger partial charge on any atom is -0.364 e. The molecular formula is C23H23F3N6O. The van der Waals surface area contributed by atoms with Crippen molar-refractivity contribution in [1.82, 2.24) is 25.4 Å². The van der Waals surface area contributed by atoms with Crippen molar-refractivity contribution in [3.63, 3.8) is 0 Å². The summed E-state index contributed by atoms with van der Waals surface area (Å²) < 4.78 is 46.5. The van der Waals surface area contributed by atoms with Crippen LogP contribution in [0.4, 0.5) is 19.1 Å². The molecule has 1 aliphatic heterocycles. The average Bonchev–Trinajstić information content (AvgIpc) is 3.40. The number of hydrogen-bond donors (Lipinski definition) is 2. The van der Waals surface area contributed by atoms with Gasteiger partial charge in [0.15, 0.2) is 0 Å². The molecule has 0 spiro atoms. The fourth-order valence-corrected chi connectivity index (χ4v) is 4.29. The summed E-state index contributed by atoms with van der Waals surface area (Å²) in [5.74, 6) is 0.193. The Morgan fingerprint density at radius 3 is 2.70 bits per heavy atom. The molecule has 1 aliphatic carbocycles. The van der Waals surface area contributed by atoms with Crippen LogP contribution < -0.4 is 10.6 Å². The summed E-state index contributed by atoms with van der Waals surface area (Å²) in [4.78, 5) is 12.9. The van der Waals surface area contributed by atoms with Gasteiger partial charge in [0.2, 0.25) is 5.95 Å². The van der Waals surface area contributed by atoms with E-state index in [1.165, 1.54) is 6.26 Å². The zero-order valence-electron chi connectivity index (χ0n) is 18.2. The van der Waals surface area contributed by atoms with Gasteiger partial charge in [0.05, 0.1) is 28.3 Å². The monoisotopic (exact) mass is 456 g/mol. The predicted molar refractivity (Wildman–Crippen MR) is 116 cm³/mol. The summed E-state index contributed by atoms with van der Waals surface area (Å²) in [5.41, 5.74) is 2.87. The zero-order valence-corrected chi connectivity index (χ0v) is 18.2. The minimum atomic E-state index is -4.58. The van der Waals surface area contributed by atoms with Crippen LogP contribution in [0.2, 0.25) is 0 Å². The predicted octanol–water partition coefficient (Wildman–Crippen LogP) is 4.39. The summed E-state index contributed by atoms with van der Waals surface area (Å²) in [6.07, 6.45) is 1.83. The molecule has 7 nitrogen and oxygen atoms in total. The van der Waals surface area contributed by atoms with Crippen LogP contribution in [-0.2, 0) is 12.6 Å². The van der Waals surface area contributed by atoms with E-state index >= 15 is 0 Å². The molecule has 0 amide bonds. The number of halogens is 3. The Hall–Kier alpha value is -3.27. The van der Waals surface area contributed by atoms with Crippen LogP contribution in [0.1, 0.15) is 48.0 Å². The van der Waals surface area contributed by atoms with Gasteiger partial charge < -0.3 is 15.2 Å². The number of hydrogen-bond acceptors (Lipinski definition) is 7. The van der Waals surface area contributed by atoms with Gasteiger partial charge in [-0.25, -0.2) is 9.97 Å². The van der Waals surface area contributed by atoms with E-state index in [1.807, 2.05) is 6.92 Å². The first-order chi connectivity index (χ1) is 15.8. The van der Waals surface area contributed by atoms with E-state index in [-0.39, 0.29) is 17.7 Å². The lowest BCUT2D eigenvalue weighted by molar-refractivity contribution is -0.138. The second-order valence-electron chi connectivity index (χ2n) is 8.51. The van der Waals surface area contributed by atoms with Gasteiger partial charge >= 0.3 is 6.18 Å². The highest BCUT2D eigenvalue weighted by Gasteiger charge is 2.37. The molecular weight excluding hydrogens is 433 g/mol. The number of allylic oxidation sites excluding steroid dienone is 1. The van der Waals surface area contributed by atoms with Crippen molar-refractivity contribution in [3.8, 4) is 11.3 Å². The molecule has 4 heterocycles. The first kappa shape index (κ1) is 21.6. The molecule has 5 rings (SSSR count). The van der Waals surface area contributed by atoms with E-state index in [9.17, 15) is 13.2 Å². The Kier molecular flexibility index (Phi) is 5.40. The first-order valence-electron chi connectivity index (χ1n) is 10.9. The second kappa shape index (κ2) is 8.26. The summed E-state index contributed by atoms with van der Waals surface area (Å²) in [6.45, 7) is 4.63. The molecule has 10 heteroatoms.